The first-order valence-corrected chi connectivity index (χ1v) is 8.12. The maximum absolute atomic E-state index is 14.1. The van der Waals surface area contributed by atoms with Gasteiger partial charge in [0.05, 0.1) is 6.20 Å². The molecule has 7 heteroatoms. The summed E-state index contributed by atoms with van der Waals surface area (Å²) in [6.45, 7) is 7.87. The Balaban J connectivity index is 3.05. The highest BCUT2D eigenvalue weighted by Crippen LogP contribution is 2.19. The van der Waals surface area contributed by atoms with Crippen LogP contribution in [0.25, 0.3) is 5.57 Å². The SMILES string of the molecule is C=N/C(C)=C/C(=C\N)c1ncc(F)c(N[C@H](CCN)CCCC)n1. The third-order valence-corrected chi connectivity index (χ3v) is 3.56. The zero-order chi connectivity index (χ0) is 17.9. The van der Waals surface area contributed by atoms with Crippen LogP contribution < -0.4 is 16.8 Å². The molecule has 0 radical (unpaired) electrons. The van der Waals surface area contributed by atoms with Gasteiger partial charge in [-0.25, -0.2) is 14.4 Å². The number of nitrogens with one attached hydrogen (secondary N) is 1. The standard InChI is InChI=1S/C17H27FN6/c1-4-5-6-14(7-8-19)23-17-15(18)11-22-16(24-17)13(10-20)9-12(2)21-3/h9-11,14H,3-8,19-20H2,1-2H3,(H,22,23,24)/b12-9+,13-10+/t14-/m0/s1. The summed E-state index contributed by atoms with van der Waals surface area (Å²) in [5, 5.41) is 3.14. The molecule has 0 fully saturated rings. The van der Waals surface area contributed by atoms with Gasteiger partial charge in [-0.3, -0.25) is 4.99 Å². The monoisotopic (exact) mass is 334 g/mol. The summed E-state index contributed by atoms with van der Waals surface area (Å²) in [6.07, 6.45) is 7.96. The second-order valence-corrected chi connectivity index (χ2v) is 5.52. The minimum Gasteiger partial charge on any atom is -0.404 e. The van der Waals surface area contributed by atoms with Crippen molar-refractivity contribution in [1.82, 2.24) is 9.97 Å². The second-order valence-electron chi connectivity index (χ2n) is 5.52. The Morgan fingerprint density at radius 1 is 1.50 bits per heavy atom. The van der Waals surface area contributed by atoms with Gasteiger partial charge in [0.15, 0.2) is 17.5 Å². The maximum Gasteiger partial charge on any atom is 0.183 e. The van der Waals surface area contributed by atoms with Crippen LogP contribution in [0.1, 0.15) is 45.4 Å². The lowest BCUT2D eigenvalue weighted by Gasteiger charge is -2.19. The first kappa shape index (κ1) is 19.8. The van der Waals surface area contributed by atoms with E-state index in [1.54, 1.807) is 13.0 Å². The van der Waals surface area contributed by atoms with Crippen molar-refractivity contribution in [1.29, 1.82) is 0 Å². The second kappa shape index (κ2) is 10.5. The number of unbranched alkanes of at least 4 members (excludes halogenated alkanes) is 1. The summed E-state index contributed by atoms with van der Waals surface area (Å²) < 4.78 is 14.1. The Labute approximate surface area is 143 Å². The average molecular weight is 334 g/mol. The first-order valence-electron chi connectivity index (χ1n) is 8.12. The van der Waals surface area contributed by atoms with E-state index >= 15 is 0 Å². The van der Waals surface area contributed by atoms with Crippen molar-refractivity contribution < 1.29 is 4.39 Å². The number of halogens is 1. The largest absolute Gasteiger partial charge is 0.404 e. The lowest BCUT2D eigenvalue weighted by atomic mass is 10.1. The lowest BCUT2D eigenvalue weighted by molar-refractivity contribution is 0.561. The molecule has 1 heterocycles. The van der Waals surface area contributed by atoms with Crippen molar-refractivity contribution in [3.8, 4) is 0 Å². The highest BCUT2D eigenvalue weighted by atomic mass is 19.1. The highest BCUT2D eigenvalue weighted by Gasteiger charge is 2.14. The van der Waals surface area contributed by atoms with Gasteiger partial charge in [-0.1, -0.05) is 19.8 Å². The summed E-state index contributed by atoms with van der Waals surface area (Å²) in [6, 6.07) is 0.0737. The molecule has 6 nitrogen and oxygen atoms in total. The van der Waals surface area contributed by atoms with E-state index in [4.69, 9.17) is 11.5 Å². The van der Waals surface area contributed by atoms with Gasteiger partial charge >= 0.3 is 0 Å². The van der Waals surface area contributed by atoms with Crippen LogP contribution in [-0.2, 0) is 0 Å². The fourth-order valence-corrected chi connectivity index (χ4v) is 2.20. The minimum atomic E-state index is -0.504. The van der Waals surface area contributed by atoms with Crippen LogP contribution in [0.4, 0.5) is 10.2 Å². The van der Waals surface area contributed by atoms with Gasteiger partial charge in [-0.15, -0.1) is 0 Å². The van der Waals surface area contributed by atoms with Crippen molar-refractivity contribution in [3.63, 3.8) is 0 Å². The summed E-state index contributed by atoms with van der Waals surface area (Å²) in [4.78, 5) is 12.1. The van der Waals surface area contributed by atoms with Crippen LogP contribution in [0, 0.1) is 5.82 Å². The Morgan fingerprint density at radius 3 is 2.83 bits per heavy atom. The van der Waals surface area contributed by atoms with Gasteiger partial charge in [0, 0.05) is 23.5 Å². The van der Waals surface area contributed by atoms with Crippen LogP contribution in [0.15, 0.2) is 29.2 Å². The fraction of sp³-hybridized carbons (Fsp3) is 0.471. The van der Waals surface area contributed by atoms with Gasteiger partial charge in [-0.2, -0.15) is 0 Å². The van der Waals surface area contributed by atoms with Gasteiger partial charge in [-0.05, 0) is 39.1 Å². The molecule has 132 valence electrons. The Bertz CT molecular complexity index is 597. The molecule has 5 N–H and O–H groups in total. The number of nitrogens with zero attached hydrogens (tertiary/aromatic N) is 3. The van der Waals surface area contributed by atoms with Crippen LogP contribution in [0.3, 0.4) is 0 Å². The molecule has 0 aliphatic heterocycles. The van der Waals surface area contributed by atoms with E-state index in [-0.39, 0.29) is 11.9 Å². The number of anilines is 1. The predicted octanol–water partition coefficient (Wildman–Crippen LogP) is 2.84. The van der Waals surface area contributed by atoms with Crippen molar-refractivity contribution in [2.75, 3.05) is 11.9 Å². The van der Waals surface area contributed by atoms with Crippen molar-refractivity contribution in [3.05, 3.63) is 35.8 Å². The van der Waals surface area contributed by atoms with Gasteiger partial charge in [0.25, 0.3) is 0 Å². The van der Waals surface area contributed by atoms with E-state index in [1.807, 2.05) is 0 Å². The number of allylic oxidation sites excluding steroid dienone is 3. The molecule has 0 aromatic carbocycles. The fourth-order valence-electron chi connectivity index (χ4n) is 2.20. The molecule has 0 amide bonds. The highest BCUT2D eigenvalue weighted by molar-refractivity contribution is 5.70. The van der Waals surface area contributed by atoms with Crippen LogP contribution in [0.5, 0.6) is 0 Å². The number of rotatable bonds is 10. The molecule has 1 aromatic rings. The van der Waals surface area contributed by atoms with E-state index in [0.717, 1.165) is 31.9 Å². The molecular weight excluding hydrogens is 307 g/mol. The van der Waals surface area contributed by atoms with Gasteiger partial charge in [0.1, 0.15) is 0 Å². The number of hydrogen-bond donors (Lipinski definition) is 3. The average Bonchev–Trinajstić information content (AvgIpc) is 2.59. The van der Waals surface area contributed by atoms with Gasteiger partial charge in [0.2, 0.25) is 0 Å². The molecular formula is C17H27FN6. The number of hydrogen-bond acceptors (Lipinski definition) is 6. The van der Waals surface area contributed by atoms with Crippen molar-refractivity contribution in [2.45, 2.75) is 45.6 Å². The number of nitrogens with two attached hydrogens (primary N) is 2. The van der Waals surface area contributed by atoms with E-state index in [1.165, 1.54) is 6.20 Å². The minimum absolute atomic E-state index is 0.0737. The normalized spacial score (nSPS) is 13.7. The maximum atomic E-state index is 14.1. The molecule has 0 aliphatic rings. The smallest absolute Gasteiger partial charge is 0.183 e. The first-order chi connectivity index (χ1) is 11.5. The van der Waals surface area contributed by atoms with Gasteiger partial charge < -0.3 is 16.8 Å². The molecule has 0 saturated carbocycles. The Kier molecular flexibility index (Phi) is 8.64. The van der Waals surface area contributed by atoms with Crippen molar-refractivity contribution in [2.24, 2.45) is 16.5 Å². The molecule has 0 aliphatic carbocycles. The van der Waals surface area contributed by atoms with E-state index in [0.29, 0.717) is 23.6 Å². The lowest BCUT2D eigenvalue weighted by Crippen LogP contribution is -2.24. The van der Waals surface area contributed by atoms with E-state index in [9.17, 15) is 4.39 Å². The summed E-state index contributed by atoms with van der Waals surface area (Å²) in [7, 11) is 0. The molecule has 1 aromatic heterocycles. The summed E-state index contributed by atoms with van der Waals surface area (Å²) in [5.74, 6) is -0.0194. The molecule has 0 saturated heterocycles. The molecule has 1 atom stereocenters. The quantitative estimate of drug-likeness (QED) is 0.451. The van der Waals surface area contributed by atoms with Crippen LogP contribution >= 0.6 is 0 Å². The number of aliphatic imine (C=N–C) groups is 1. The van der Waals surface area contributed by atoms with E-state index < -0.39 is 5.82 Å². The zero-order valence-electron chi connectivity index (χ0n) is 14.4. The predicted molar refractivity (Wildman–Crippen MR) is 98.1 cm³/mol. The number of aromatic nitrogens is 2. The molecule has 0 bridgehead atoms. The summed E-state index contributed by atoms with van der Waals surface area (Å²) in [5.41, 5.74) is 12.5. The third kappa shape index (κ3) is 6.08. The Morgan fingerprint density at radius 2 is 2.25 bits per heavy atom. The topological polar surface area (TPSA) is 102 Å². The van der Waals surface area contributed by atoms with Crippen LogP contribution in [0.2, 0.25) is 0 Å². The summed E-state index contributed by atoms with van der Waals surface area (Å²) >= 11 is 0. The molecule has 0 spiro atoms. The zero-order valence-corrected chi connectivity index (χ0v) is 14.4. The Hall–Kier alpha value is -2.28. The van der Waals surface area contributed by atoms with Crippen LogP contribution in [-0.4, -0.2) is 29.3 Å². The molecule has 24 heavy (non-hydrogen) atoms. The third-order valence-electron chi connectivity index (χ3n) is 3.56. The molecule has 0 unspecified atom stereocenters. The van der Waals surface area contributed by atoms with E-state index in [2.05, 4.69) is 33.9 Å². The molecule has 1 rings (SSSR count). The van der Waals surface area contributed by atoms with Crippen molar-refractivity contribution >= 4 is 18.1 Å².